The fourth-order valence-electron chi connectivity index (χ4n) is 3.44. The van der Waals surface area contributed by atoms with Crippen LogP contribution in [-0.2, 0) is 9.53 Å². The van der Waals surface area contributed by atoms with Crippen molar-refractivity contribution in [2.75, 3.05) is 40.0 Å². The van der Waals surface area contributed by atoms with Gasteiger partial charge in [-0.2, -0.15) is 0 Å². The lowest BCUT2D eigenvalue weighted by Gasteiger charge is -2.38. The maximum absolute atomic E-state index is 12.5. The van der Waals surface area contributed by atoms with Crippen molar-refractivity contribution in [3.63, 3.8) is 0 Å². The van der Waals surface area contributed by atoms with E-state index < -0.39 is 0 Å². The van der Waals surface area contributed by atoms with Gasteiger partial charge in [0.2, 0.25) is 5.91 Å². The van der Waals surface area contributed by atoms with Crippen molar-refractivity contribution in [2.24, 2.45) is 0 Å². The minimum atomic E-state index is -0.332. The lowest BCUT2D eigenvalue weighted by Crippen LogP contribution is -2.42. The zero-order valence-corrected chi connectivity index (χ0v) is 15.3. The van der Waals surface area contributed by atoms with Gasteiger partial charge >= 0.3 is 0 Å². The molecule has 25 heavy (non-hydrogen) atoms. The highest BCUT2D eigenvalue weighted by Crippen LogP contribution is 2.41. The Labute approximate surface area is 149 Å². The molecule has 0 spiro atoms. The quantitative estimate of drug-likeness (QED) is 0.883. The second-order valence-corrected chi connectivity index (χ2v) is 7.29. The molecule has 0 saturated carbocycles. The molecule has 1 unspecified atom stereocenters. The Morgan fingerprint density at radius 3 is 2.84 bits per heavy atom. The Kier molecular flexibility index (Phi) is 5.49. The predicted molar refractivity (Wildman–Crippen MR) is 95.1 cm³/mol. The summed E-state index contributed by atoms with van der Waals surface area (Å²) in [6, 6.07) is 5.74. The number of benzene rings is 1. The van der Waals surface area contributed by atoms with Crippen LogP contribution < -0.4 is 14.8 Å². The van der Waals surface area contributed by atoms with Gasteiger partial charge in [0.1, 0.15) is 17.1 Å². The predicted octanol–water partition coefficient (Wildman–Crippen LogP) is 2.14. The highest BCUT2D eigenvalue weighted by molar-refractivity contribution is 5.77. The summed E-state index contributed by atoms with van der Waals surface area (Å²) in [5.41, 5.74) is 0.682. The van der Waals surface area contributed by atoms with E-state index >= 15 is 0 Å². The normalized spacial score (nSPS) is 22.6. The molecule has 1 saturated heterocycles. The summed E-state index contributed by atoms with van der Waals surface area (Å²) >= 11 is 0. The zero-order valence-electron chi connectivity index (χ0n) is 15.3. The Balaban J connectivity index is 1.64. The van der Waals surface area contributed by atoms with E-state index in [2.05, 4.69) is 10.2 Å². The van der Waals surface area contributed by atoms with E-state index in [1.54, 1.807) is 7.11 Å². The van der Waals surface area contributed by atoms with E-state index in [1.165, 1.54) is 0 Å². The minimum absolute atomic E-state index is 0.0400. The van der Waals surface area contributed by atoms with Gasteiger partial charge in [-0.05, 0) is 26.0 Å². The molecule has 1 fully saturated rings. The molecule has 2 heterocycles. The molecule has 0 aromatic heterocycles. The molecule has 1 atom stereocenters. The minimum Gasteiger partial charge on any atom is -0.497 e. The first-order valence-electron chi connectivity index (χ1n) is 8.93. The van der Waals surface area contributed by atoms with Gasteiger partial charge in [-0.1, -0.05) is 0 Å². The molecular formula is C19H28N2O4. The molecule has 1 aromatic carbocycles. The second kappa shape index (κ2) is 7.62. The first-order valence-corrected chi connectivity index (χ1v) is 8.93. The average molecular weight is 348 g/mol. The van der Waals surface area contributed by atoms with Gasteiger partial charge in [0, 0.05) is 44.1 Å². The number of morpholine rings is 1. The SMILES string of the molecule is COc1ccc2c(c1)OC(C)(C)CC2NC(=O)CCN1CCOCC1. The van der Waals surface area contributed by atoms with E-state index in [-0.39, 0.29) is 17.6 Å². The van der Waals surface area contributed by atoms with Crippen molar-refractivity contribution < 1.29 is 19.0 Å². The van der Waals surface area contributed by atoms with Crippen LogP contribution >= 0.6 is 0 Å². The van der Waals surface area contributed by atoms with E-state index in [0.29, 0.717) is 6.42 Å². The number of fused-ring (bicyclic) bond motifs is 1. The van der Waals surface area contributed by atoms with Crippen LogP contribution in [0.2, 0.25) is 0 Å². The second-order valence-electron chi connectivity index (χ2n) is 7.29. The van der Waals surface area contributed by atoms with Crippen LogP contribution in [0.25, 0.3) is 0 Å². The number of nitrogens with one attached hydrogen (secondary N) is 1. The fourth-order valence-corrected chi connectivity index (χ4v) is 3.44. The fraction of sp³-hybridized carbons (Fsp3) is 0.632. The molecule has 6 heteroatoms. The van der Waals surface area contributed by atoms with Crippen LogP contribution in [-0.4, -0.2) is 56.4 Å². The smallest absolute Gasteiger partial charge is 0.221 e. The number of methoxy groups -OCH3 is 1. The van der Waals surface area contributed by atoms with E-state index in [1.807, 2.05) is 32.0 Å². The van der Waals surface area contributed by atoms with Crippen molar-refractivity contribution >= 4 is 5.91 Å². The van der Waals surface area contributed by atoms with Crippen LogP contribution in [0.3, 0.4) is 0 Å². The number of carbonyl (C=O) groups is 1. The third-order valence-corrected chi connectivity index (χ3v) is 4.77. The Bertz CT molecular complexity index is 611. The average Bonchev–Trinajstić information content (AvgIpc) is 2.59. The Morgan fingerprint density at radius 2 is 2.12 bits per heavy atom. The van der Waals surface area contributed by atoms with E-state index in [0.717, 1.165) is 56.3 Å². The van der Waals surface area contributed by atoms with Crippen molar-refractivity contribution in [1.29, 1.82) is 0 Å². The third kappa shape index (κ3) is 4.64. The first kappa shape index (κ1) is 18.0. The summed E-state index contributed by atoms with van der Waals surface area (Å²) < 4.78 is 16.7. The summed E-state index contributed by atoms with van der Waals surface area (Å²) in [7, 11) is 1.64. The third-order valence-electron chi connectivity index (χ3n) is 4.77. The van der Waals surface area contributed by atoms with E-state index in [4.69, 9.17) is 14.2 Å². The maximum atomic E-state index is 12.5. The largest absolute Gasteiger partial charge is 0.497 e. The monoisotopic (exact) mass is 348 g/mol. The molecule has 0 bridgehead atoms. The van der Waals surface area contributed by atoms with Gasteiger partial charge < -0.3 is 19.5 Å². The number of carbonyl (C=O) groups excluding carboxylic acids is 1. The molecule has 0 aliphatic carbocycles. The number of hydrogen-bond acceptors (Lipinski definition) is 5. The van der Waals surface area contributed by atoms with Gasteiger partial charge in [-0.3, -0.25) is 9.69 Å². The Hall–Kier alpha value is -1.79. The molecule has 2 aliphatic heterocycles. The number of rotatable bonds is 5. The summed E-state index contributed by atoms with van der Waals surface area (Å²) in [5.74, 6) is 1.62. The standard InChI is InChI=1S/C19H28N2O4/c1-19(2)13-16(15-5-4-14(23-3)12-17(15)25-19)20-18(22)6-7-21-8-10-24-11-9-21/h4-5,12,16H,6-11,13H2,1-3H3,(H,20,22). The van der Waals surface area contributed by atoms with Gasteiger partial charge in [0.05, 0.1) is 26.4 Å². The number of ether oxygens (including phenoxy) is 3. The molecule has 1 N–H and O–H groups in total. The summed E-state index contributed by atoms with van der Waals surface area (Å²) in [6.07, 6.45) is 1.25. The zero-order chi connectivity index (χ0) is 17.9. The lowest BCUT2D eigenvalue weighted by molar-refractivity contribution is -0.122. The van der Waals surface area contributed by atoms with Crippen LogP contribution in [0.1, 0.15) is 38.3 Å². The summed E-state index contributed by atoms with van der Waals surface area (Å²) in [5, 5.41) is 3.19. The highest BCUT2D eigenvalue weighted by Gasteiger charge is 2.34. The van der Waals surface area contributed by atoms with Crippen molar-refractivity contribution in [3.05, 3.63) is 23.8 Å². The molecule has 3 rings (SSSR count). The molecular weight excluding hydrogens is 320 g/mol. The molecule has 1 aromatic rings. The maximum Gasteiger partial charge on any atom is 0.221 e. The molecule has 138 valence electrons. The first-order chi connectivity index (χ1) is 12.0. The van der Waals surface area contributed by atoms with E-state index in [9.17, 15) is 4.79 Å². The van der Waals surface area contributed by atoms with Gasteiger partial charge in [0.25, 0.3) is 0 Å². The summed E-state index contributed by atoms with van der Waals surface area (Å²) in [6.45, 7) is 8.18. The molecule has 0 radical (unpaired) electrons. The van der Waals surface area contributed by atoms with Crippen molar-refractivity contribution in [3.8, 4) is 11.5 Å². The van der Waals surface area contributed by atoms with Crippen molar-refractivity contribution in [2.45, 2.75) is 38.3 Å². The number of amides is 1. The van der Waals surface area contributed by atoms with Crippen LogP contribution in [0.4, 0.5) is 0 Å². The lowest BCUT2D eigenvalue weighted by atomic mass is 9.89. The van der Waals surface area contributed by atoms with Gasteiger partial charge in [0.15, 0.2) is 0 Å². The number of hydrogen-bond donors (Lipinski definition) is 1. The van der Waals surface area contributed by atoms with Crippen molar-refractivity contribution in [1.82, 2.24) is 10.2 Å². The van der Waals surface area contributed by atoms with Crippen LogP contribution in [0.5, 0.6) is 11.5 Å². The molecule has 2 aliphatic rings. The topological polar surface area (TPSA) is 60.0 Å². The number of nitrogens with zero attached hydrogens (tertiary/aromatic N) is 1. The van der Waals surface area contributed by atoms with Gasteiger partial charge in [-0.15, -0.1) is 0 Å². The van der Waals surface area contributed by atoms with Crippen LogP contribution in [0.15, 0.2) is 18.2 Å². The van der Waals surface area contributed by atoms with Crippen LogP contribution in [0, 0.1) is 0 Å². The molecule has 6 nitrogen and oxygen atoms in total. The molecule has 1 amide bonds. The Morgan fingerprint density at radius 1 is 1.36 bits per heavy atom. The highest BCUT2D eigenvalue weighted by atomic mass is 16.5. The summed E-state index contributed by atoms with van der Waals surface area (Å²) in [4.78, 5) is 14.7. The van der Waals surface area contributed by atoms with Gasteiger partial charge in [-0.25, -0.2) is 0 Å².